The van der Waals surface area contributed by atoms with Crippen LogP contribution in [0.4, 0.5) is 0 Å². The summed E-state index contributed by atoms with van der Waals surface area (Å²) >= 11 is 5.71. The number of rotatable bonds is 7. The van der Waals surface area contributed by atoms with Crippen LogP contribution in [0.2, 0.25) is 5.02 Å². The summed E-state index contributed by atoms with van der Waals surface area (Å²) in [5, 5.41) is 9.24. The molecule has 0 fully saturated rings. The van der Waals surface area contributed by atoms with Gasteiger partial charge in [-0.3, -0.25) is 4.79 Å². The molecule has 1 aromatic rings. The molecule has 5 nitrogen and oxygen atoms in total. The van der Waals surface area contributed by atoms with Crippen LogP contribution in [0.1, 0.15) is 19.8 Å². The third-order valence-corrected chi connectivity index (χ3v) is 4.64. The van der Waals surface area contributed by atoms with Crippen molar-refractivity contribution < 1.29 is 18.3 Å². The Labute approximate surface area is 117 Å². The molecule has 0 unspecified atom stereocenters. The summed E-state index contributed by atoms with van der Waals surface area (Å²) in [4.78, 5) is 10.8. The van der Waals surface area contributed by atoms with Gasteiger partial charge in [0, 0.05) is 11.6 Å². The number of hydrogen-bond donors (Lipinski definition) is 1. The smallest absolute Gasteiger partial charge is 0.318 e. The number of sulfonamides is 1. The molecule has 0 aliphatic carbocycles. The van der Waals surface area contributed by atoms with Crippen molar-refractivity contribution >= 4 is 27.6 Å². The van der Waals surface area contributed by atoms with Gasteiger partial charge in [-0.05, 0) is 30.7 Å². The number of nitrogens with zero attached hydrogens (tertiary/aromatic N) is 1. The highest BCUT2D eigenvalue weighted by atomic mass is 35.5. The zero-order chi connectivity index (χ0) is 14.5. The van der Waals surface area contributed by atoms with Crippen LogP contribution in [0.15, 0.2) is 29.2 Å². The second kappa shape index (κ2) is 6.88. The Morgan fingerprint density at radius 3 is 2.37 bits per heavy atom. The van der Waals surface area contributed by atoms with Gasteiger partial charge in [0.25, 0.3) is 0 Å². The molecule has 1 N–H and O–H groups in total. The van der Waals surface area contributed by atoms with Gasteiger partial charge in [-0.1, -0.05) is 24.9 Å². The molecule has 0 saturated carbocycles. The van der Waals surface area contributed by atoms with E-state index in [2.05, 4.69) is 0 Å². The first-order valence-corrected chi connectivity index (χ1v) is 7.67. The van der Waals surface area contributed by atoms with E-state index >= 15 is 0 Å². The Hall–Kier alpha value is -1.11. The number of carbonyl (C=O) groups is 1. The lowest BCUT2D eigenvalue weighted by Gasteiger charge is -2.20. The Balaban J connectivity index is 3.03. The molecule has 0 bridgehead atoms. The summed E-state index contributed by atoms with van der Waals surface area (Å²) in [7, 11) is -3.79. The molecular formula is C12H16ClNO4S. The first-order chi connectivity index (χ1) is 8.87. The van der Waals surface area contributed by atoms with Gasteiger partial charge in [0.1, 0.15) is 6.54 Å². The average Bonchev–Trinajstić information content (AvgIpc) is 2.34. The number of carboxylic acid groups (broad SMARTS) is 1. The monoisotopic (exact) mass is 305 g/mol. The zero-order valence-electron chi connectivity index (χ0n) is 10.5. The van der Waals surface area contributed by atoms with Crippen molar-refractivity contribution in [3.8, 4) is 0 Å². The number of benzene rings is 1. The number of carboxylic acids is 1. The van der Waals surface area contributed by atoms with Crippen LogP contribution in [0.3, 0.4) is 0 Å². The van der Waals surface area contributed by atoms with E-state index in [9.17, 15) is 13.2 Å². The molecular weight excluding hydrogens is 290 g/mol. The van der Waals surface area contributed by atoms with Crippen LogP contribution in [-0.4, -0.2) is 36.9 Å². The highest BCUT2D eigenvalue weighted by Gasteiger charge is 2.25. The lowest BCUT2D eigenvalue weighted by Crippen LogP contribution is -2.36. The van der Waals surface area contributed by atoms with Gasteiger partial charge in [0.05, 0.1) is 4.90 Å². The summed E-state index contributed by atoms with van der Waals surface area (Å²) in [5.41, 5.74) is 0. The van der Waals surface area contributed by atoms with Gasteiger partial charge in [-0.2, -0.15) is 4.31 Å². The quantitative estimate of drug-likeness (QED) is 0.838. The normalized spacial score (nSPS) is 11.7. The number of halogens is 1. The molecule has 0 aliphatic rings. The maximum atomic E-state index is 12.3. The van der Waals surface area contributed by atoms with Crippen LogP contribution in [0.5, 0.6) is 0 Å². The molecule has 0 spiro atoms. The fourth-order valence-corrected chi connectivity index (χ4v) is 3.08. The highest BCUT2D eigenvalue weighted by Crippen LogP contribution is 2.18. The minimum absolute atomic E-state index is 0.0502. The van der Waals surface area contributed by atoms with Crippen molar-refractivity contribution in [3.63, 3.8) is 0 Å². The molecule has 0 aliphatic heterocycles. The van der Waals surface area contributed by atoms with Gasteiger partial charge in [0.15, 0.2) is 0 Å². The molecule has 0 aromatic heterocycles. The van der Waals surface area contributed by atoms with Crippen molar-refractivity contribution in [1.29, 1.82) is 0 Å². The van der Waals surface area contributed by atoms with Gasteiger partial charge in [0.2, 0.25) is 10.0 Å². The van der Waals surface area contributed by atoms with Gasteiger partial charge < -0.3 is 5.11 Å². The van der Waals surface area contributed by atoms with Crippen molar-refractivity contribution in [2.24, 2.45) is 0 Å². The van der Waals surface area contributed by atoms with E-state index < -0.39 is 22.5 Å². The SMILES string of the molecule is CCCCN(CC(=O)O)S(=O)(=O)c1ccc(Cl)cc1. The maximum absolute atomic E-state index is 12.3. The molecule has 106 valence electrons. The molecule has 1 aromatic carbocycles. The van der Waals surface area contributed by atoms with E-state index in [0.717, 1.165) is 10.7 Å². The summed E-state index contributed by atoms with van der Waals surface area (Å²) in [6.07, 6.45) is 1.40. The summed E-state index contributed by atoms with van der Waals surface area (Å²) in [6.45, 7) is 1.56. The van der Waals surface area contributed by atoms with Crippen molar-refractivity contribution in [1.82, 2.24) is 4.31 Å². The molecule has 0 amide bonds. The van der Waals surface area contributed by atoms with Crippen LogP contribution in [0, 0.1) is 0 Å². The summed E-state index contributed by atoms with van der Waals surface area (Å²) in [5.74, 6) is -1.17. The Kier molecular flexibility index (Phi) is 5.78. The van der Waals surface area contributed by atoms with Crippen LogP contribution in [0.25, 0.3) is 0 Å². The van der Waals surface area contributed by atoms with Crippen molar-refractivity contribution in [2.75, 3.05) is 13.1 Å². The molecule has 0 radical (unpaired) electrons. The number of hydrogen-bond acceptors (Lipinski definition) is 3. The lowest BCUT2D eigenvalue weighted by molar-refractivity contribution is -0.137. The number of unbranched alkanes of at least 4 members (excludes halogenated alkanes) is 1. The van der Waals surface area contributed by atoms with Crippen molar-refractivity contribution in [2.45, 2.75) is 24.7 Å². The van der Waals surface area contributed by atoms with Gasteiger partial charge >= 0.3 is 5.97 Å². The molecule has 0 saturated heterocycles. The van der Waals surface area contributed by atoms with E-state index in [1.165, 1.54) is 24.3 Å². The molecule has 19 heavy (non-hydrogen) atoms. The third kappa shape index (κ3) is 4.49. The van der Waals surface area contributed by atoms with Crippen LogP contribution in [-0.2, 0) is 14.8 Å². The second-order valence-corrected chi connectivity index (χ2v) is 6.41. The van der Waals surface area contributed by atoms with Crippen LogP contribution >= 0.6 is 11.6 Å². The third-order valence-electron chi connectivity index (χ3n) is 2.52. The topological polar surface area (TPSA) is 74.7 Å². The Bertz CT molecular complexity index is 527. The molecule has 0 heterocycles. The first kappa shape index (κ1) is 15.9. The van der Waals surface area contributed by atoms with E-state index in [1.54, 1.807) is 0 Å². The number of aliphatic carboxylic acids is 1. The molecule has 1 rings (SSSR count). The van der Waals surface area contributed by atoms with E-state index in [-0.39, 0.29) is 11.4 Å². The fourth-order valence-electron chi connectivity index (χ4n) is 1.53. The highest BCUT2D eigenvalue weighted by molar-refractivity contribution is 7.89. The predicted molar refractivity (Wildman–Crippen MR) is 72.8 cm³/mol. The minimum atomic E-state index is -3.79. The maximum Gasteiger partial charge on any atom is 0.318 e. The molecule has 0 atom stereocenters. The minimum Gasteiger partial charge on any atom is -0.480 e. The second-order valence-electron chi connectivity index (χ2n) is 4.04. The fraction of sp³-hybridized carbons (Fsp3) is 0.417. The van der Waals surface area contributed by atoms with E-state index in [4.69, 9.17) is 16.7 Å². The Morgan fingerprint density at radius 1 is 1.32 bits per heavy atom. The first-order valence-electron chi connectivity index (χ1n) is 5.85. The van der Waals surface area contributed by atoms with Crippen molar-refractivity contribution in [3.05, 3.63) is 29.3 Å². The van der Waals surface area contributed by atoms with E-state index in [0.29, 0.717) is 11.4 Å². The summed E-state index contributed by atoms with van der Waals surface area (Å²) in [6, 6.07) is 5.68. The predicted octanol–water partition coefficient (Wildman–Crippen LogP) is 2.22. The summed E-state index contributed by atoms with van der Waals surface area (Å²) < 4.78 is 25.6. The van der Waals surface area contributed by atoms with E-state index in [1.807, 2.05) is 6.92 Å². The molecule has 7 heteroatoms. The average molecular weight is 306 g/mol. The lowest BCUT2D eigenvalue weighted by atomic mass is 10.3. The van der Waals surface area contributed by atoms with Gasteiger partial charge in [-0.25, -0.2) is 8.42 Å². The Morgan fingerprint density at radius 2 is 1.89 bits per heavy atom. The van der Waals surface area contributed by atoms with Gasteiger partial charge in [-0.15, -0.1) is 0 Å². The standard InChI is InChI=1S/C12H16ClNO4S/c1-2-3-8-14(9-12(15)16)19(17,18)11-6-4-10(13)5-7-11/h4-7H,2-3,8-9H2,1H3,(H,15,16). The zero-order valence-corrected chi connectivity index (χ0v) is 12.1. The largest absolute Gasteiger partial charge is 0.480 e. The van der Waals surface area contributed by atoms with Crippen LogP contribution < -0.4 is 0 Å².